The molecule has 1 aliphatic rings. The van der Waals surface area contributed by atoms with E-state index in [1.807, 2.05) is 6.07 Å². The molecule has 0 aliphatic carbocycles. The molecule has 3 nitrogen and oxygen atoms in total. The van der Waals surface area contributed by atoms with Crippen LogP contribution in [0.3, 0.4) is 0 Å². The van der Waals surface area contributed by atoms with E-state index < -0.39 is 0 Å². The number of fused-ring (bicyclic) bond motifs is 1. The molecule has 3 atom stereocenters. The molecule has 1 heterocycles. The second kappa shape index (κ2) is 6.21. The molecule has 0 bridgehead atoms. The van der Waals surface area contributed by atoms with E-state index >= 15 is 0 Å². The van der Waals surface area contributed by atoms with Crippen LogP contribution in [-0.4, -0.2) is 26.4 Å². The summed E-state index contributed by atoms with van der Waals surface area (Å²) in [5.74, 6) is 1.51. The summed E-state index contributed by atoms with van der Waals surface area (Å²) in [6.45, 7) is 6.03. The van der Waals surface area contributed by atoms with Crippen molar-refractivity contribution in [1.82, 2.24) is 5.32 Å². The Labute approximate surface area is 109 Å². The predicted octanol–water partition coefficient (Wildman–Crippen LogP) is 2.77. The second-order valence-electron chi connectivity index (χ2n) is 5.15. The fraction of sp³-hybridized carbons (Fsp3) is 0.600. The Hall–Kier alpha value is -1.06. The van der Waals surface area contributed by atoms with Gasteiger partial charge in [-0.1, -0.05) is 25.1 Å². The summed E-state index contributed by atoms with van der Waals surface area (Å²) in [7, 11) is 1.75. The smallest absolute Gasteiger partial charge is 0.124 e. The first-order valence-corrected chi connectivity index (χ1v) is 6.69. The first kappa shape index (κ1) is 13.4. The lowest BCUT2D eigenvalue weighted by Gasteiger charge is -2.34. The van der Waals surface area contributed by atoms with Crippen molar-refractivity contribution in [3.63, 3.8) is 0 Å². The van der Waals surface area contributed by atoms with Crippen LogP contribution in [0.1, 0.15) is 31.9 Å². The number of nitrogens with one attached hydrogen (secondary N) is 1. The first-order valence-electron chi connectivity index (χ1n) is 6.69. The minimum Gasteiger partial charge on any atom is -0.493 e. The van der Waals surface area contributed by atoms with Crippen molar-refractivity contribution >= 4 is 0 Å². The van der Waals surface area contributed by atoms with Gasteiger partial charge in [-0.2, -0.15) is 0 Å². The van der Waals surface area contributed by atoms with E-state index in [1.165, 1.54) is 5.56 Å². The molecule has 0 spiro atoms. The quantitative estimate of drug-likeness (QED) is 0.870. The topological polar surface area (TPSA) is 30.5 Å². The highest BCUT2D eigenvalue weighted by Gasteiger charge is 2.28. The molecule has 0 saturated heterocycles. The standard InChI is InChI=1S/C15H23NO2/c1-11-10-18-14-7-5-4-6-13(14)15(11)16-12(2)8-9-17-3/h4-7,11-12,15-16H,8-10H2,1-3H3. The van der Waals surface area contributed by atoms with E-state index in [0.717, 1.165) is 25.4 Å². The molecule has 0 radical (unpaired) electrons. The fourth-order valence-corrected chi connectivity index (χ4v) is 2.43. The third kappa shape index (κ3) is 3.03. The zero-order valence-corrected chi connectivity index (χ0v) is 11.5. The van der Waals surface area contributed by atoms with E-state index in [4.69, 9.17) is 9.47 Å². The molecule has 18 heavy (non-hydrogen) atoms. The Morgan fingerprint density at radius 1 is 1.44 bits per heavy atom. The Kier molecular flexibility index (Phi) is 4.61. The monoisotopic (exact) mass is 249 g/mol. The Balaban J connectivity index is 2.07. The van der Waals surface area contributed by atoms with Crippen molar-refractivity contribution < 1.29 is 9.47 Å². The summed E-state index contributed by atoms with van der Waals surface area (Å²) in [4.78, 5) is 0. The number of benzene rings is 1. The SMILES string of the molecule is COCCC(C)NC1c2ccccc2OCC1C. The average Bonchev–Trinajstić information content (AvgIpc) is 2.40. The van der Waals surface area contributed by atoms with Crippen molar-refractivity contribution in [3.8, 4) is 5.75 Å². The van der Waals surface area contributed by atoms with Crippen LogP contribution < -0.4 is 10.1 Å². The van der Waals surface area contributed by atoms with Gasteiger partial charge >= 0.3 is 0 Å². The highest BCUT2D eigenvalue weighted by atomic mass is 16.5. The molecule has 3 heteroatoms. The summed E-state index contributed by atoms with van der Waals surface area (Å²) >= 11 is 0. The van der Waals surface area contributed by atoms with E-state index in [-0.39, 0.29) is 0 Å². The molecule has 1 aromatic rings. The highest BCUT2D eigenvalue weighted by Crippen LogP contribution is 2.35. The van der Waals surface area contributed by atoms with Gasteiger partial charge in [0.2, 0.25) is 0 Å². The molecule has 0 aromatic heterocycles. The van der Waals surface area contributed by atoms with Gasteiger partial charge in [-0.25, -0.2) is 0 Å². The van der Waals surface area contributed by atoms with Gasteiger partial charge in [-0.3, -0.25) is 0 Å². The van der Waals surface area contributed by atoms with Crippen LogP contribution in [-0.2, 0) is 4.74 Å². The number of ether oxygens (including phenoxy) is 2. The minimum absolute atomic E-state index is 0.377. The molecule has 3 unspecified atom stereocenters. The fourth-order valence-electron chi connectivity index (χ4n) is 2.43. The predicted molar refractivity (Wildman–Crippen MR) is 72.9 cm³/mol. The molecule has 2 rings (SSSR count). The van der Waals surface area contributed by atoms with Crippen LogP contribution in [0.5, 0.6) is 5.75 Å². The van der Waals surface area contributed by atoms with Crippen molar-refractivity contribution in [2.45, 2.75) is 32.4 Å². The molecular weight excluding hydrogens is 226 g/mol. The third-order valence-electron chi connectivity index (χ3n) is 3.54. The zero-order chi connectivity index (χ0) is 13.0. The second-order valence-corrected chi connectivity index (χ2v) is 5.15. The largest absolute Gasteiger partial charge is 0.493 e. The van der Waals surface area contributed by atoms with Gasteiger partial charge in [0.05, 0.1) is 6.61 Å². The van der Waals surface area contributed by atoms with Crippen LogP contribution in [0.15, 0.2) is 24.3 Å². The summed E-state index contributed by atoms with van der Waals surface area (Å²) in [6, 6.07) is 9.14. The molecule has 1 N–H and O–H groups in total. The van der Waals surface area contributed by atoms with Crippen LogP contribution in [0.2, 0.25) is 0 Å². The number of para-hydroxylation sites is 1. The van der Waals surface area contributed by atoms with Gasteiger partial charge in [0, 0.05) is 37.3 Å². The number of methoxy groups -OCH3 is 1. The molecular formula is C15H23NO2. The van der Waals surface area contributed by atoms with Crippen LogP contribution in [0.25, 0.3) is 0 Å². The average molecular weight is 249 g/mol. The maximum absolute atomic E-state index is 5.76. The molecule has 1 aromatic carbocycles. The van der Waals surface area contributed by atoms with Crippen molar-refractivity contribution in [3.05, 3.63) is 29.8 Å². The lowest BCUT2D eigenvalue weighted by molar-refractivity contribution is 0.160. The van der Waals surface area contributed by atoms with Gasteiger partial charge < -0.3 is 14.8 Å². The first-order chi connectivity index (χ1) is 8.72. The number of rotatable bonds is 5. The maximum atomic E-state index is 5.76. The van der Waals surface area contributed by atoms with E-state index in [1.54, 1.807) is 7.11 Å². The Bertz CT molecular complexity index is 381. The minimum atomic E-state index is 0.377. The molecule has 0 fully saturated rings. The summed E-state index contributed by atoms with van der Waals surface area (Å²) in [6.07, 6.45) is 1.03. The van der Waals surface area contributed by atoms with Gasteiger partial charge in [-0.15, -0.1) is 0 Å². The lowest BCUT2D eigenvalue weighted by atomic mass is 9.91. The summed E-state index contributed by atoms with van der Waals surface area (Å²) < 4.78 is 10.9. The van der Waals surface area contributed by atoms with Gasteiger partial charge in [-0.05, 0) is 19.4 Å². The third-order valence-corrected chi connectivity index (χ3v) is 3.54. The van der Waals surface area contributed by atoms with Crippen molar-refractivity contribution in [1.29, 1.82) is 0 Å². The number of hydrogen-bond acceptors (Lipinski definition) is 3. The van der Waals surface area contributed by atoms with E-state index in [0.29, 0.717) is 18.0 Å². The molecule has 0 saturated carbocycles. The van der Waals surface area contributed by atoms with E-state index in [9.17, 15) is 0 Å². The molecule has 0 amide bonds. The maximum Gasteiger partial charge on any atom is 0.124 e. The van der Waals surface area contributed by atoms with E-state index in [2.05, 4.69) is 37.4 Å². The van der Waals surface area contributed by atoms with Crippen molar-refractivity contribution in [2.75, 3.05) is 20.3 Å². The Morgan fingerprint density at radius 2 is 2.22 bits per heavy atom. The molecule has 1 aliphatic heterocycles. The highest BCUT2D eigenvalue weighted by molar-refractivity contribution is 5.37. The zero-order valence-electron chi connectivity index (χ0n) is 11.5. The van der Waals surface area contributed by atoms with Crippen LogP contribution >= 0.6 is 0 Å². The van der Waals surface area contributed by atoms with Crippen LogP contribution in [0.4, 0.5) is 0 Å². The molecule has 100 valence electrons. The van der Waals surface area contributed by atoms with Crippen LogP contribution in [0, 0.1) is 5.92 Å². The summed E-state index contributed by atoms with van der Waals surface area (Å²) in [5.41, 5.74) is 1.28. The van der Waals surface area contributed by atoms with Gasteiger partial charge in [0.25, 0.3) is 0 Å². The summed E-state index contributed by atoms with van der Waals surface area (Å²) in [5, 5.41) is 3.70. The van der Waals surface area contributed by atoms with Gasteiger partial charge in [0.15, 0.2) is 0 Å². The van der Waals surface area contributed by atoms with Gasteiger partial charge in [0.1, 0.15) is 5.75 Å². The Morgan fingerprint density at radius 3 is 3.00 bits per heavy atom. The number of hydrogen-bond donors (Lipinski definition) is 1. The van der Waals surface area contributed by atoms with Crippen molar-refractivity contribution in [2.24, 2.45) is 5.92 Å². The lowest BCUT2D eigenvalue weighted by Crippen LogP contribution is -2.39. The normalized spacial score (nSPS) is 24.2.